The molecule has 0 aliphatic rings. The summed E-state index contributed by atoms with van der Waals surface area (Å²) in [6.07, 6.45) is 0. The third-order valence-electron chi connectivity index (χ3n) is 3.93. The monoisotopic (exact) mass is 371 g/mol. The van der Waals surface area contributed by atoms with Gasteiger partial charge in [0, 0.05) is 5.56 Å². The molecule has 5 nitrogen and oxygen atoms in total. The van der Waals surface area contributed by atoms with Gasteiger partial charge in [0.25, 0.3) is 0 Å². The van der Waals surface area contributed by atoms with Crippen LogP contribution in [0.5, 0.6) is 0 Å². The van der Waals surface area contributed by atoms with Gasteiger partial charge >= 0.3 is 5.97 Å². The normalized spacial score (nSPS) is 12.8. The number of hydrogen-bond acceptors (Lipinski definition) is 4. The molecule has 2 aromatic carbocycles. The maximum Gasteiger partial charge on any atom is 0.308 e. The van der Waals surface area contributed by atoms with E-state index in [0.717, 1.165) is 5.56 Å². The summed E-state index contributed by atoms with van der Waals surface area (Å²) in [6.45, 7) is 1.56. The van der Waals surface area contributed by atoms with Gasteiger partial charge in [-0.2, -0.15) is 0 Å². The minimum Gasteiger partial charge on any atom is -0.481 e. The fourth-order valence-electron chi connectivity index (χ4n) is 2.46. The summed E-state index contributed by atoms with van der Waals surface area (Å²) in [6, 6.07) is 17.3. The Morgan fingerprint density at radius 2 is 1.54 bits per heavy atom. The topological polar surface area (TPSA) is 83.5 Å². The predicted molar refractivity (Wildman–Crippen MR) is 102 cm³/mol. The Kier molecular flexibility index (Phi) is 7.41. The SMILES string of the molecule is CC(C(=O)O)C(NC(=O)CSCC(=O)c1ccccc1)c1ccccc1. The molecule has 0 aliphatic carbocycles. The summed E-state index contributed by atoms with van der Waals surface area (Å²) in [5.74, 6) is -1.79. The summed E-state index contributed by atoms with van der Waals surface area (Å²) in [5.41, 5.74) is 1.35. The van der Waals surface area contributed by atoms with Crippen molar-refractivity contribution in [1.82, 2.24) is 5.32 Å². The number of carboxylic acid groups (broad SMARTS) is 1. The van der Waals surface area contributed by atoms with Gasteiger partial charge in [-0.25, -0.2) is 0 Å². The Bertz CT molecular complexity index is 749. The van der Waals surface area contributed by atoms with E-state index in [0.29, 0.717) is 5.56 Å². The molecule has 2 N–H and O–H groups in total. The van der Waals surface area contributed by atoms with Crippen LogP contribution in [0.1, 0.15) is 28.9 Å². The molecule has 0 aliphatic heterocycles. The molecule has 0 saturated heterocycles. The maximum atomic E-state index is 12.2. The van der Waals surface area contributed by atoms with Crippen molar-refractivity contribution < 1.29 is 19.5 Å². The number of ketones is 1. The molecule has 0 saturated carbocycles. The van der Waals surface area contributed by atoms with E-state index in [1.54, 1.807) is 55.5 Å². The second kappa shape index (κ2) is 9.77. The van der Waals surface area contributed by atoms with Gasteiger partial charge in [-0.1, -0.05) is 60.7 Å². The fraction of sp³-hybridized carbons (Fsp3) is 0.250. The molecule has 2 aromatic rings. The van der Waals surface area contributed by atoms with Crippen molar-refractivity contribution >= 4 is 29.4 Å². The molecule has 26 heavy (non-hydrogen) atoms. The Morgan fingerprint density at radius 1 is 0.962 bits per heavy atom. The van der Waals surface area contributed by atoms with E-state index in [1.165, 1.54) is 11.8 Å². The van der Waals surface area contributed by atoms with Crippen molar-refractivity contribution in [2.75, 3.05) is 11.5 Å². The van der Waals surface area contributed by atoms with Crippen LogP contribution in [-0.2, 0) is 9.59 Å². The number of hydrogen-bond donors (Lipinski definition) is 2. The Morgan fingerprint density at radius 3 is 2.12 bits per heavy atom. The van der Waals surface area contributed by atoms with Crippen LogP contribution < -0.4 is 5.32 Å². The van der Waals surface area contributed by atoms with Gasteiger partial charge in [-0.15, -0.1) is 11.8 Å². The number of nitrogens with one attached hydrogen (secondary N) is 1. The van der Waals surface area contributed by atoms with E-state index < -0.39 is 17.9 Å². The Balaban J connectivity index is 1.91. The lowest BCUT2D eigenvalue weighted by Crippen LogP contribution is -2.36. The maximum absolute atomic E-state index is 12.2. The van der Waals surface area contributed by atoms with E-state index in [-0.39, 0.29) is 23.2 Å². The van der Waals surface area contributed by atoms with Crippen LogP contribution in [0.15, 0.2) is 60.7 Å². The average Bonchev–Trinajstić information content (AvgIpc) is 2.66. The first-order valence-electron chi connectivity index (χ1n) is 8.22. The smallest absolute Gasteiger partial charge is 0.308 e. The summed E-state index contributed by atoms with van der Waals surface area (Å²) < 4.78 is 0. The van der Waals surface area contributed by atoms with Gasteiger partial charge < -0.3 is 10.4 Å². The molecule has 0 fully saturated rings. The molecule has 136 valence electrons. The van der Waals surface area contributed by atoms with E-state index in [9.17, 15) is 19.5 Å². The van der Waals surface area contributed by atoms with Gasteiger partial charge in [0.05, 0.1) is 23.5 Å². The van der Waals surface area contributed by atoms with E-state index in [2.05, 4.69) is 5.32 Å². The molecule has 0 heterocycles. The first-order valence-corrected chi connectivity index (χ1v) is 9.37. The molecule has 0 aromatic heterocycles. The molecule has 0 bridgehead atoms. The van der Waals surface area contributed by atoms with Crippen molar-refractivity contribution in [3.63, 3.8) is 0 Å². The number of benzene rings is 2. The molecule has 0 spiro atoms. The standard InChI is InChI=1S/C20H21NO4S/c1-14(20(24)25)19(16-10-6-3-7-11-16)21-18(23)13-26-12-17(22)15-8-4-2-5-9-15/h2-11,14,19H,12-13H2,1H3,(H,21,23)(H,24,25). The Labute approximate surface area is 156 Å². The summed E-state index contributed by atoms with van der Waals surface area (Å²) >= 11 is 1.21. The van der Waals surface area contributed by atoms with E-state index in [1.807, 2.05) is 12.1 Å². The van der Waals surface area contributed by atoms with Crippen LogP contribution >= 0.6 is 11.8 Å². The largest absolute Gasteiger partial charge is 0.481 e. The van der Waals surface area contributed by atoms with Gasteiger partial charge in [0.15, 0.2) is 5.78 Å². The highest BCUT2D eigenvalue weighted by atomic mass is 32.2. The lowest BCUT2D eigenvalue weighted by Gasteiger charge is -2.23. The van der Waals surface area contributed by atoms with Crippen LogP contribution in [0.25, 0.3) is 0 Å². The summed E-state index contributed by atoms with van der Waals surface area (Å²) in [4.78, 5) is 35.6. The van der Waals surface area contributed by atoms with Crippen LogP contribution in [0.3, 0.4) is 0 Å². The van der Waals surface area contributed by atoms with Crippen LogP contribution in [0, 0.1) is 5.92 Å². The zero-order valence-electron chi connectivity index (χ0n) is 14.4. The zero-order chi connectivity index (χ0) is 18.9. The van der Waals surface area contributed by atoms with Crippen molar-refractivity contribution in [2.24, 2.45) is 5.92 Å². The number of thioether (sulfide) groups is 1. The first-order chi connectivity index (χ1) is 12.5. The van der Waals surface area contributed by atoms with Crippen LogP contribution in [-0.4, -0.2) is 34.3 Å². The number of carboxylic acids is 1. The summed E-state index contributed by atoms with van der Waals surface area (Å²) in [7, 11) is 0. The molecule has 0 radical (unpaired) electrons. The minimum atomic E-state index is -0.980. The van der Waals surface area contributed by atoms with E-state index >= 15 is 0 Å². The highest BCUT2D eigenvalue weighted by Crippen LogP contribution is 2.22. The minimum absolute atomic E-state index is 0.0399. The highest BCUT2D eigenvalue weighted by molar-refractivity contribution is 8.00. The highest BCUT2D eigenvalue weighted by Gasteiger charge is 2.26. The number of rotatable bonds is 9. The third-order valence-corrected chi connectivity index (χ3v) is 4.86. The molecule has 2 rings (SSSR count). The second-order valence-electron chi connectivity index (χ2n) is 5.86. The molecule has 6 heteroatoms. The quantitative estimate of drug-likeness (QED) is 0.662. The molecule has 2 atom stereocenters. The second-order valence-corrected chi connectivity index (χ2v) is 6.85. The Hall–Kier alpha value is -2.60. The molecule has 1 amide bonds. The van der Waals surface area contributed by atoms with Gasteiger partial charge in [-0.05, 0) is 12.5 Å². The van der Waals surface area contributed by atoms with Crippen molar-refractivity contribution in [1.29, 1.82) is 0 Å². The lowest BCUT2D eigenvalue weighted by atomic mass is 9.94. The van der Waals surface area contributed by atoms with Crippen LogP contribution in [0.4, 0.5) is 0 Å². The van der Waals surface area contributed by atoms with Crippen molar-refractivity contribution in [3.05, 3.63) is 71.8 Å². The molecular formula is C20H21NO4S. The van der Waals surface area contributed by atoms with E-state index in [4.69, 9.17) is 0 Å². The molecule has 2 unspecified atom stereocenters. The van der Waals surface area contributed by atoms with Crippen LogP contribution in [0.2, 0.25) is 0 Å². The van der Waals surface area contributed by atoms with Gasteiger partial charge in [-0.3, -0.25) is 14.4 Å². The number of carbonyl (C=O) groups excluding carboxylic acids is 2. The number of carbonyl (C=O) groups is 3. The van der Waals surface area contributed by atoms with Crippen molar-refractivity contribution in [2.45, 2.75) is 13.0 Å². The number of Topliss-reactive ketones (excluding diaryl/α,β-unsaturated/α-hetero) is 1. The average molecular weight is 371 g/mol. The number of amides is 1. The summed E-state index contributed by atoms with van der Waals surface area (Å²) in [5, 5.41) is 12.1. The molecular weight excluding hydrogens is 350 g/mol. The van der Waals surface area contributed by atoms with Crippen molar-refractivity contribution in [3.8, 4) is 0 Å². The zero-order valence-corrected chi connectivity index (χ0v) is 15.2. The predicted octanol–water partition coefficient (Wildman–Crippen LogP) is 3.18. The lowest BCUT2D eigenvalue weighted by molar-refractivity contribution is -0.142. The fourth-order valence-corrected chi connectivity index (χ4v) is 3.18. The first kappa shape index (κ1) is 19.7. The number of aliphatic carboxylic acids is 1. The van der Waals surface area contributed by atoms with Gasteiger partial charge in [0.1, 0.15) is 0 Å². The van der Waals surface area contributed by atoms with Gasteiger partial charge in [0.2, 0.25) is 5.91 Å². The third kappa shape index (κ3) is 5.74.